The molecule has 5 heteroatoms. The lowest BCUT2D eigenvalue weighted by Gasteiger charge is -2.05. The van der Waals surface area contributed by atoms with E-state index in [1.807, 2.05) is 18.5 Å². The number of nitriles is 1. The Kier molecular flexibility index (Phi) is 3.68. The van der Waals surface area contributed by atoms with Crippen LogP contribution in [0.25, 0.3) is 0 Å². The van der Waals surface area contributed by atoms with E-state index in [-0.39, 0.29) is 0 Å². The molecule has 0 aliphatic rings. The molecule has 0 aliphatic heterocycles. The quantitative estimate of drug-likeness (QED) is 0.829. The molecule has 2 rings (SSSR count). The summed E-state index contributed by atoms with van der Waals surface area (Å²) in [7, 11) is 0. The molecule has 2 aromatic rings. The van der Waals surface area contributed by atoms with E-state index in [0.717, 1.165) is 12.1 Å². The Balaban J connectivity index is 1.95. The molecule has 0 radical (unpaired) electrons. The second-order valence-corrected chi connectivity index (χ2v) is 4.36. The highest BCUT2D eigenvalue weighted by molar-refractivity contribution is 7.09. The molecule has 0 spiro atoms. The summed E-state index contributed by atoms with van der Waals surface area (Å²) in [5.41, 5.74) is 3.20. The molecule has 2 heterocycles. The summed E-state index contributed by atoms with van der Waals surface area (Å²) in [6.45, 7) is 2.51. The highest BCUT2D eigenvalue weighted by Crippen LogP contribution is 2.16. The molecule has 17 heavy (non-hydrogen) atoms. The molecule has 0 saturated heterocycles. The molecule has 0 fully saturated rings. The minimum absolute atomic E-state index is 0.327. The maximum absolute atomic E-state index is 8.85. The third-order valence-electron chi connectivity index (χ3n) is 2.31. The number of hydrogen-bond acceptors (Lipinski definition) is 5. The average molecular weight is 245 g/mol. The fourth-order valence-electron chi connectivity index (χ4n) is 1.41. The van der Waals surface area contributed by atoms with Crippen molar-refractivity contribution in [1.29, 1.82) is 5.26 Å². The molecule has 4 nitrogen and oxygen atoms in total. The van der Waals surface area contributed by atoms with E-state index in [0.29, 0.717) is 18.1 Å². The molecule has 0 saturated carbocycles. The number of aryl methyl sites for hydroxylation is 1. The molecule has 0 aromatic carbocycles. The van der Waals surface area contributed by atoms with Gasteiger partial charge < -0.3 is 4.74 Å². The van der Waals surface area contributed by atoms with Crippen molar-refractivity contribution in [2.45, 2.75) is 13.3 Å². The lowest BCUT2D eigenvalue weighted by molar-refractivity contribution is 0.320. The summed E-state index contributed by atoms with van der Waals surface area (Å²) in [6.07, 6.45) is 2.38. The first-order chi connectivity index (χ1) is 8.31. The Labute approximate surface area is 104 Å². The minimum atomic E-state index is 0.327. The standard InChI is InChI=1S/C12H11N3OS/c1-9-12(17-8-15-9)4-6-16-11-3-2-5-14-10(11)7-13/h2-3,5,8H,4,6H2,1H3. The van der Waals surface area contributed by atoms with Gasteiger partial charge in [0.2, 0.25) is 0 Å². The second-order valence-electron chi connectivity index (χ2n) is 3.42. The molecule has 0 N–H and O–H groups in total. The van der Waals surface area contributed by atoms with Crippen LogP contribution in [0.4, 0.5) is 0 Å². The van der Waals surface area contributed by atoms with Crippen LogP contribution in [0.5, 0.6) is 5.75 Å². The van der Waals surface area contributed by atoms with Crippen molar-refractivity contribution in [2.75, 3.05) is 6.61 Å². The summed E-state index contributed by atoms with van der Waals surface area (Å²) in [4.78, 5) is 9.32. The van der Waals surface area contributed by atoms with Crippen molar-refractivity contribution < 1.29 is 4.74 Å². The van der Waals surface area contributed by atoms with Crippen LogP contribution in [-0.4, -0.2) is 16.6 Å². The summed E-state index contributed by atoms with van der Waals surface area (Å²) in [5.74, 6) is 0.539. The Bertz CT molecular complexity index is 545. The second kappa shape index (κ2) is 5.41. The zero-order valence-corrected chi connectivity index (χ0v) is 10.2. The van der Waals surface area contributed by atoms with Crippen molar-refractivity contribution in [3.05, 3.63) is 40.1 Å². The van der Waals surface area contributed by atoms with Crippen molar-refractivity contribution in [3.8, 4) is 11.8 Å². The van der Waals surface area contributed by atoms with E-state index < -0.39 is 0 Å². The van der Waals surface area contributed by atoms with Gasteiger partial charge in [-0.3, -0.25) is 0 Å². The van der Waals surface area contributed by atoms with Gasteiger partial charge in [0.25, 0.3) is 0 Å². The van der Waals surface area contributed by atoms with Crippen molar-refractivity contribution in [2.24, 2.45) is 0 Å². The monoisotopic (exact) mass is 245 g/mol. The van der Waals surface area contributed by atoms with E-state index in [2.05, 4.69) is 9.97 Å². The van der Waals surface area contributed by atoms with E-state index in [4.69, 9.17) is 10.00 Å². The molecular formula is C12H11N3OS. The van der Waals surface area contributed by atoms with Gasteiger partial charge in [0, 0.05) is 17.5 Å². The van der Waals surface area contributed by atoms with Crippen LogP contribution in [-0.2, 0) is 6.42 Å². The van der Waals surface area contributed by atoms with Crippen molar-refractivity contribution in [1.82, 2.24) is 9.97 Å². The lowest BCUT2D eigenvalue weighted by atomic mass is 10.3. The number of rotatable bonds is 4. The fraction of sp³-hybridized carbons (Fsp3) is 0.250. The lowest BCUT2D eigenvalue weighted by Crippen LogP contribution is -2.03. The number of pyridine rings is 1. The highest BCUT2D eigenvalue weighted by Gasteiger charge is 2.05. The van der Waals surface area contributed by atoms with E-state index >= 15 is 0 Å². The number of nitrogens with zero attached hydrogens (tertiary/aromatic N) is 3. The first kappa shape index (κ1) is 11.6. The van der Waals surface area contributed by atoms with Crippen molar-refractivity contribution >= 4 is 11.3 Å². The number of aromatic nitrogens is 2. The van der Waals surface area contributed by atoms with Crippen LogP contribution in [0.15, 0.2) is 23.8 Å². The maximum atomic E-state index is 8.85. The van der Waals surface area contributed by atoms with E-state index in [9.17, 15) is 0 Å². The van der Waals surface area contributed by atoms with Gasteiger partial charge in [0.15, 0.2) is 11.4 Å². The SMILES string of the molecule is Cc1ncsc1CCOc1cccnc1C#N. The predicted octanol–water partition coefficient (Wildman–Crippen LogP) is 2.34. The van der Waals surface area contributed by atoms with Gasteiger partial charge in [-0.1, -0.05) is 0 Å². The van der Waals surface area contributed by atoms with Crippen LogP contribution in [0.2, 0.25) is 0 Å². The Morgan fingerprint density at radius 3 is 3.06 bits per heavy atom. The molecule has 0 amide bonds. The van der Waals surface area contributed by atoms with Gasteiger partial charge in [-0.05, 0) is 19.1 Å². The first-order valence-corrected chi connectivity index (χ1v) is 6.06. The van der Waals surface area contributed by atoms with E-state index in [1.165, 1.54) is 4.88 Å². The molecule has 0 aliphatic carbocycles. The highest BCUT2D eigenvalue weighted by atomic mass is 32.1. The van der Waals surface area contributed by atoms with Gasteiger partial charge in [-0.15, -0.1) is 11.3 Å². The first-order valence-electron chi connectivity index (χ1n) is 5.18. The topological polar surface area (TPSA) is 58.8 Å². The Morgan fingerprint density at radius 2 is 2.35 bits per heavy atom. The average Bonchev–Trinajstić information content (AvgIpc) is 2.76. The zero-order chi connectivity index (χ0) is 12.1. The van der Waals surface area contributed by atoms with Gasteiger partial charge in [-0.2, -0.15) is 5.26 Å². The Morgan fingerprint density at radius 1 is 1.47 bits per heavy atom. The van der Waals surface area contributed by atoms with Gasteiger partial charge >= 0.3 is 0 Å². The zero-order valence-electron chi connectivity index (χ0n) is 9.38. The summed E-state index contributed by atoms with van der Waals surface area (Å²) in [5, 5.41) is 8.85. The van der Waals surface area contributed by atoms with Crippen LogP contribution in [0, 0.1) is 18.3 Å². The summed E-state index contributed by atoms with van der Waals surface area (Å²) >= 11 is 1.62. The van der Waals surface area contributed by atoms with Crippen LogP contribution in [0.1, 0.15) is 16.3 Å². The van der Waals surface area contributed by atoms with Gasteiger partial charge in [-0.25, -0.2) is 9.97 Å². The molecule has 0 bridgehead atoms. The Hall–Kier alpha value is -1.93. The molecule has 2 aromatic heterocycles. The summed E-state index contributed by atoms with van der Waals surface area (Å²) < 4.78 is 5.55. The third-order valence-corrected chi connectivity index (χ3v) is 3.30. The molecular weight excluding hydrogens is 234 g/mol. The van der Waals surface area contributed by atoms with Crippen LogP contribution in [0.3, 0.4) is 0 Å². The van der Waals surface area contributed by atoms with Crippen molar-refractivity contribution in [3.63, 3.8) is 0 Å². The van der Waals surface area contributed by atoms with Gasteiger partial charge in [0.1, 0.15) is 6.07 Å². The minimum Gasteiger partial charge on any atom is -0.490 e. The molecule has 86 valence electrons. The fourth-order valence-corrected chi connectivity index (χ4v) is 2.17. The molecule has 0 atom stereocenters. The molecule has 0 unspecified atom stereocenters. The normalized spacial score (nSPS) is 9.88. The number of hydrogen-bond donors (Lipinski definition) is 0. The van der Waals surface area contributed by atoms with E-state index in [1.54, 1.807) is 29.7 Å². The maximum Gasteiger partial charge on any atom is 0.182 e. The number of ether oxygens (including phenoxy) is 1. The van der Waals surface area contributed by atoms with Gasteiger partial charge in [0.05, 0.1) is 17.8 Å². The third kappa shape index (κ3) is 2.80. The van der Waals surface area contributed by atoms with Crippen LogP contribution < -0.4 is 4.74 Å². The predicted molar refractivity (Wildman–Crippen MR) is 65.0 cm³/mol. The number of thiazole rings is 1. The van der Waals surface area contributed by atoms with Crippen LogP contribution >= 0.6 is 11.3 Å². The summed E-state index contributed by atoms with van der Waals surface area (Å²) in [6, 6.07) is 5.52. The largest absolute Gasteiger partial charge is 0.490 e. The smallest absolute Gasteiger partial charge is 0.182 e.